The number of pyridine rings is 1. The summed E-state index contributed by atoms with van der Waals surface area (Å²) < 4.78 is 9.59. The molecule has 0 fully saturated rings. The van der Waals surface area contributed by atoms with E-state index >= 15 is 0 Å². The Bertz CT molecular complexity index is 2850. The third kappa shape index (κ3) is 5.60. The maximum Gasteiger partial charge on any atom is 0.164 e. The van der Waals surface area contributed by atoms with Gasteiger partial charge in [-0.15, -0.1) is 0 Å². The van der Waals surface area contributed by atoms with Crippen molar-refractivity contribution in [1.29, 1.82) is 0 Å². The average molecular weight is 697 g/mol. The maximum absolute atomic E-state index is 5.24. The molecule has 0 bridgehead atoms. The monoisotopic (exact) mass is 696 g/mol. The van der Waals surface area contributed by atoms with Crippen LogP contribution in [0.5, 0.6) is 0 Å². The summed E-state index contributed by atoms with van der Waals surface area (Å²) in [6.07, 6.45) is 0. The Hall–Kier alpha value is -6.96. The normalized spacial score (nSPS) is 11.4. The summed E-state index contributed by atoms with van der Waals surface area (Å²) >= 11 is 1.25. The molecular formula is C46H28N6S. The number of benzene rings is 7. The molecule has 0 atom stereocenters. The Labute approximate surface area is 309 Å². The fourth-order valence-corrected chi connectivity index (χ4v) is 7.56. The van der Waals surface area contributed by atoms with Crippen LogP contribution in [-0.4, -0.2) is 28.7 Å². The standard InChI is InChI=1S/C46H28N6S/c1-4-12-31(13-5-1)37-28-38-40(43-42(37)51-53-52-43)36-18-10-11-19-39(36)47-41(38)32-24-20-29(21-25-32)30-22-26-35(27-23-30)46-49-44(33-14-6-2-7-15-33)48-45(50-46)34-16-8-3-9-17-34/h1-28H. The van der Waals surface area contributed by atoms with Gasteiger partial charge in [-0.05, 0) is 28.8 Å². The van der Waals surface area contributed by atoms with E-state index in [1.54, 1.807) is 0 Å². The zero-order chi connectivity index (χ0) is 35.1. The van der Waals surface area contributed by atoms with E-state index in [2.05, 4.69) is 97.1 Å². The number of para-hydroxylation sites is 1. The quantitative estimate of drug-likeness (QED) is 0.161. The molecule has 0 spiro atoms. The van der Waals surface area contributed by atoms with E-state index in [1.165, 1.54) is 11.7 Å². The van der Waals surface area contributed by atoms with Crippen LogP contribution in [0.25, 0.3) is 100 Å². The Balaban J connectivity index is 1.04. The van der Waals surface area contributed by atoms with Crippen molar-refractivity contribution in [2.75, 3.05) is 0 Å². The minimum absolute atomic E-state index is 0.633. The van der Waals surface area contributed by atoms with Crippen LogP contribution in [-0.2, 0) is 0 Å². The molecule has 0 radical (unpaired) electrons. The van der Waals surface area contributed by atoms with Crippen molar-refractivity contribution in [2.45, 2.75) is 0 Å². The van der Waals surface area contributed by atoms with Gasteiger partial charge in [0.2, 0.25) is 0 Å². The number of hydrogen-bond acceptors (Lipinski definition) is 7. The van der Waals surface area contributed by atoms with Crippen molar-refractivity contribution in [2.24, 2.45) is 0 Å². The lowest BCUT2D eigenvalue weighted by Gasteiger charge is -2.13. The van der Waals surface area contributed by atoms with Crippen LogP contribution >= 0.6 is 11.7 Å². The van der Waals surface area contributed by atoms with E-state index in [4.69, 9.17) is 28.7 Å². The summed E-state index contributed by atoms with van der Waals surface area (Å²) in [6.45, 7) is 0. The van der Waals surface area contributed by atoms with E-state index in [0.29, 0.717) is 17.5 Å². The molecular weight excluding hydrogens is 669 g/mol. The maximum atomic E-state index is 5.24. The molecule has 3 heterocycles. The summed E-state index contributed by atoms with van der Waals surface area (Å²) in [5.41, 5.74) is 11.9. The summed E-state index contributed by atoms with van der Waals surface area (Å²) in [5, 5.41) is 3.21. The highest BCUT2D eigenvalue weighted by atomic mass is 32.1. The highest BCUT2D eigenvalue weighted by Crippen LogP contribution is 2.41. The topological polar surface area (TPSA) is 77.3 Å². The van der Waals surface area contributed by atoms with Crippen LogP contribution in [0, 0.1) is 0 Å². The summed E-state index contributed by atoms with van der Waals surface area (Å²) in [7, 11) is 0. The summed E-state index contributed by atoms with van der Waals surface area (Å²) in [6, 6.07) is 58.1. The summed E-state index contributed by atoms with van der Waals surface area (Å²) in [4.78, 5) is 19.9. The number of rotatable bonds is 6. The van der Waals surface area contributed by atoms with Gasteiger partial charge in [0.1, 0.15) is 11.0 Å². The highest BCUT2D eigenvalue weighted by Gasteiger charge is 2.19. The number of nitrogens with zero attached hydrogens (tertiary/aromatic N) is 6. The van der Waals surface area contributed by atoms with Gasteiger partial charge >= 0.3 is 0 Å². The lowest BCUT2D eigenvalue weighted by atomic mass is 9.93. The first kappa shape index (κ1) is 30.8. The van der Waals surface area contributed by atoms with Gasteiger partial charge in [0.25, 0.3) is 0 Å². The third-order valence-corrected chi connectivity index (χ3v) is 10.1. The first-order valence-corrected chi connectivity index (χ1v) is 18.1. The SMILES string of the molecule is c1ccc(-c2nc(-c3ccccc3)nc(-c3ccc(-c4ccc(-c5nc6ccccc6c6c5cc(-c5ccccc5)c5nsnc56)cc4)cc3)n2)cc1. The van der Waals surface area contributed by atoms with Gasteiger partial charge in [0.05, 0.1) is 22.9 Å². The van der Waals surface area contributed by atoms with Crippen LogP contribution < -0.4 is 0 Å². The molecule has 10 rings (SSSR count). The minimum atomic E-state index is 0.633. The molecule has 248 valence electrons. The second-order valence-corrected chi connectivity index (χ2v) is 13.4. The number of aromatic nitrogens is 6. The predicted molar refractivity (Wildman–Crippen MR) is 216 cm³/mol. The lowest BCUT2D eigenvalue weighted by molar-refractivity contribution is 1.07. The molecule has 53 heavy (non-hydrogen) atoms. The zero-order valence-corrected chi connectivity index (χ0v) is 29.1. The largest absolute Gasteiger partial charge is 0.247 e. The van der Waals surface area contributed by atoms with Gasteiger partial charge in [-0.1, -0.05) is 158 Å². The van der Waals surface area contributed by atoms with Gasteiger partial charge in [-0.25, -0.2) is 19.9 Å². The smallest absolute Gasteiger partial charge is 0.164 e. The Morgan fingerprint density at radius 1 is 0.340 bits per heavy atom. The highest BCUT2D eigenvalue weighted by molar-refractivity contribution is 7.00. The van der Waals surface area contributed by atoms with E-state index < -0.39 is 0 Å². The molecule has 0 aliphatic rings. The zero-order valence-electron chi connectivity index (χ0n) is 28.3. The Morgan fingerprint density at radius 3 is 1.38 bits per heavy atom. The van der Waals surface area contributed by atoms with E-state index in [9.17, 15) is 0 Å². The molecule has 6 nitrogen and oxygen atoms in total. The van der Waals surface area contributed by atoms with Crippen LogP contribution in [0.2, 0.25) is 0 Å². The van der Waals surface area contributed by atoms with Crippen LogP contribution in [0.3, 0.4) is 0 Å². The van der Waals surface area contributed by atoms with Crippen molar-refractivity contribution in [3.8, 4) is 67.7 Å². The molecule has 0 amide bonds. The molecule has 7 heteroatoms. The lowest BCUT2D eigenvalue weighted by Crippen LogP contribution is -2.00. The van der Waals surface area contributed by atoms with Crippen LogP contribution in [0.1, 0.15) is 0 Å². The number of fused-ring (bicyclic) bond motifs is 5. The average Bonchev–Trinajstić information content (AvgIpc) is 3.74. The van der Waals surface area contributed by atoms with Gasteiger partial charge in [0.15, 0.2) is 17.5 Å². The van der Waals surface area contributed by atoms with Gasteiger partial charge in [0, 0.05) is 44.0 Å². The molecule has 3 aromatic heterocycles. The molecule has 0 N–H and O–H groups in total. The van der Waals surface area contributed by atoms with Crippen molar-refractivity contribution < 1.29 is 0 Å². The Morgan fingerprint density at radius 2 is 0.792 bits per heavy atom. The molecule has 7 aromatic carbocycles. The Kier molecular flexibility index (Phi) is 7.55. The van der Waals surface area contributed by atoms with Crippen molar-refractivity contribution in [3.63, 3.8) is 0 Å². The molecule has 0 aliphatic heterocycles. The first-order chi connectivity index (χ1) is 26.3. The predicted octanol–water partition coefficient (Wildman–Crippen LogP) is 11.6. The molecule has 0 saturated carbocycles. The summed E-state index contributed by atoms with van der Waals surface area (Å²) in [5.74, 6) is 1.92. The molecule has 0 aliphatic carbocycles. The van der Waals surface area contributed by atoms with Crippen molar-refractivity contribution in [1.82, 2.24) is 28.7 Å². The van der Waals surface area contributed by atoms with Gasteiger partial charge in [-0.2, -0.15) is 8.75 Å². The first-order valence-electron chi connectivity index (χ1n) is 17.4. The van der Waals surface area contributed by atoms with Crippen LogP contribution in [0.15, 0.2) is 170 Å². The van der Waals surface area contributed by atoms with Gasteiger partial charge < -0.3 is 0 Å². The van der Waals surface area contributed by atoms with E-state index in [-0.39, 0.29) is 0 Å². The van der Waals surface area contributed by atoms with Crippen molar-refractivity contribution >= 4 is 44.4 Å². The van der Waals surface area contributed by atoms with E-state index in [0.717, 1.165) is 82.9 Å². The second kappa shape index (κ2) is 13.0. The van der Waals surface area contributed by atoms with E-state index in [1.807, 2.05) is 72.8 Å². The minimum Gasteiger partial charge on any atom is -0.247 e. The van der Waals surface area contributed by atoms with Crippen LogP contribution in [0.4, 0.5) is 0 Å². The molecule has 0 unspecified atom stereocenters. The van der Waals surface area contributed by atoms with Crippen molar-refractivity contribution in [3.05, 3.63) is 170 Å². The fourth-order valence-electron chi connectivity index (χ4n) is 6.99. The number of hydrogen-bond donors (Lipinski definition) is 0. The fraction of sp³-hybridized carbons (Fsp3) is 0. The third-order valence-electron chi connectivity index (χ3n) is 9.62. The second-order valence-electron chi connectivity index (χ2n) is 12.8. The molecule has 0 saturated heterocycles. The van der Waals surface area contributed by atoms with Gasteiger partial charge in [-0.3, -0.25) is 0 Å². The molecule has 10 aromatic rings.